The number of hydrogen-bond acceptors (Lipinski definition) is 2. The number of aryl methyl sites for hydroxylation is 1. The predicted octanol–water partition coefficient (Wildman–Crippen LogP) is 1.96. The van der Waals surface area contributed by atoms with Crippen LogP contribution in [-0.2, 0) is 5.60 Å². The van der Waals surface area contributed by atoms with Crippen LogP contribution in [-0.4, -0.2) is 11.1 Å². The highest BCUT2D eigenvalue weighted by molar-refractivity contribution is 6.31. The zero-order valence-corrected chi connectivity index (χ0v) is 8.88. The lowest BCUT2D eigenvalue weighted by Crippen LogP contribution is -2.49. The van der Waals surface area contributed by atoms with Gasteiger partial charge >= 0.3 is 0 Å². The topological polar surface area (TPSA) is 46.2 Å². The van der Waals surface area contributed by atoms with Gasteiger partial charge in [-0.25, -0.2) is 0 Å². The molecule has 2 rings (SSSR count). The zero-order chi connectivity index (χ0) is 10.3. The monoisotopic (exact) mass is 211 g/mol. The van der Waals surface area contributed by atoms with E-state index >= 15 is 0 Å². The van der Waals surface area contributed by atoms with Gasteiger partial charge in [-0.05, 0) is 25.8 Å². The SMILES string of the molecule is Cc1ccc(Cl)c(C2(O)CC(N)C2)c1. The van der Waals surface area contributed by atoms with Gasteiger partial charge in [0.05, 0.1) is 5.60 Å². The van der Waals surface area contributed by atoms with Gasteiger partial charge in [-0.3, -0.25) is 0 Å². The standard InChI is InChI=1S/C11H14ClNO/c1-7-2-3-10(12)9(4-7)11(14)5-8(13)6-11/h2-4,8,14H,5-6,13H2,1H3. The summed E-state index contributed by atoms with van der Waals surface area (Å²) in [6, 6.07) is 5.81. The van der Waals surface area contributed by atoms with Gasteiger partial charge in [0, 0.05) is 16.6 Å². The van der Waals surface area contributed by atoms with E-state index in [0.29, 0.717) is 17.9 Å². The quantitative estimate of drug-likeness (QED) is 0.746. The second-order valence-electron chi connectivity index (χ2n) is 4.18. The van der Waals surface area contributed by atoms with E-state index in [1.807, 2.05) is 25.1 Å². The van der Waals surface area contributed by atoms with Crippen molar-refractivity contribution in [2.75, 3.05) is 0 Å². The molecule has 3 heteroatoms. The van der Waals surface area contributed by atoms with Crippen LogP contribution in [0.15, 0.2) is 18.2 Å². The maximum Gasteiger partial charge on any atom is 0.0940 e. The third-order valence-corrected chi connectivity index (χ3v) is 3.15. The molecule has 1 aliphatic rings. The zero-order valence-electron chi connectivity index (χ0n) is 8.13. The fraction of sp³-hybridized carbons (Fsp3) is 0.455. The molecular weight excluding hydrogens is 198 g/mol. The molecule has 0 atom stereocenters. The summed E-state index contributed by atoms with van der Waals surface area (Å²) in [5, 5.41) is 10.8. The molecule has 0 unspecified atom stereocenters. The normalized spacial score (nSPS) is 31.3. The molecule has 1 fully saturated rings. The fourth-order valence-electron chi connectivity index (χ4n) is 2.02. The first-order valence-electron chi connectivity index (χ1n) is 4.76. The second-order valence-corrected chi connectivity index (χ2v) is 4.59. The molecular formula is C11H14ClNO. The number of halogens is 1. The van der Waals surface area contributed by atoms with E-state index in [4.69, 9.17) is 17.3 Å². The number of aliphatic hydroxyl groups is 1. The number of nitrogens with two attached hydrogens (primary N) is 1. The molecule has 0 saturated heterocycles. The van der Waals surface area contributed by atoms with Crippen LogP contribution in [0.25, 0.3) is 0 Å². The molecule has 1 aromatic rings. The van der Waals surface area contributed by atoms with Crippen molar-refractivity contribution in [3.05, 3.63) is 34.3 Å². The van der Waals surface area contributed by atoms with Gasteiger partial charge in [-0.1, -0.05) is 29.3 Å². The minimum Gasteiger partial charge on any atom is -0.385 e. The Labute approximate surface area is 88.7 Å². The van der Waals surface area contributed by atoms with E-state index in [-0.39, 0.29) is 6.04 Å². The molecule has 0 aliphatic heterocycles. The molecule has 1 saturated carbocycles. The van der Waals surface area contributed by atoms with E-state index < -0.39 is 5.60 Å². The minimum absolute atomic E-state index is 0.108. The lowest BCUT2D eigenvalue weighted by Gasteiger charge is -2.42. The maximum absolute atomic E-state index is 10.2. The van der Waals surface area contributed by atoms with Crippen molar-refractivity contribution >= 4 is 11.6 Å². The van der Waals surface area contributed by atoms with Crippen LogP contribution in [0.3, 0.4) is 0 Å². The average Bonchev–Trinajstić information content (AvgIpc) is 2.07. The van der Waals surface area contributed by atoms with Crippen molar-refractivity contribution in [1.29, 1.82) is 0 Å². The summed E-state index contributed by atoms with van der Waals surface area (Å²) in [5.74, 6) is 0. The van der Waals surface area contributed by atoms with E-state index in [1.165, 1.54) is 0 Å². The second kappa shape index (κ2) is 3.23. The molecule has 2 nitrogen and oxygen atoms in total. The van der Waals surface area contributed by atoms with Crippen molar-refractivity contribution in [3.63, 3.8) is 0 Å². The Morgan fingerprint density at radius 3 is 2.71 bits per heavy atom. The van der Waals surface area contributed by atoms with Crippen molar-refractivity contribution in [2.24, 2.45) is 5.73 Å². The fourth-order valence-corrected chi connectivity index (χ4v) is 2.32. The first-order chi connectivity index (χ1) is 6.51. The maximum atomic E-state index is 10.2. The lowest BCUT2D eigenvalue weighted by molar-refractivity contribution is -0.0522. The number of hydrogen-bond donors (Lipinski definition) is 2. The van der Waals surface area contributed by atoms with Gasteiger partial charge in [0.15, 0.2) is 0 Å². The summed E-state index contributed by atoms with van der Waals surface area (Å²) in [7, 11) is 0. The van der Waals surface area contributed by atoms with Crippen LogP contribution >= 0.6 is 11.6 Å². The largest absolute Gasteiger partial charge is 0.385 e. The van der Waals surface area contributed by atoms with Crippen molar-refractivity contribution in [2.45, 2.75) is 31.4 Å². The molecule has 3 N–H and O–H groups in total. The Morgan fingerprint density at radius 2 is 2.14 bits per heavy atom. The highest BCUT2D eigenvalue weighted by Gasteiger charge is 2.43. The Balaban J connectivity index is 2.36. The Morgan fingerprint density at radius 1 is 1.50 bits per heavy atom. The van der Waals surface area contributed by atoms with E-state index in [1.54, 1.807) is 0 Å². The van der Waals surface area contributed by atoms with Gasteiger partial charge < -0.3 is 10.8 Å². The van der Waals surface area contributed by atoms with Crippen LogP contribution in [0.1, 0.15) is 24.0 Å². The Bertz CT molecular complexity index is 358. The first kappa shape index (κ1) is 9.97. The van der Waals surface area contributed by atoms with Crippen LogP contribution in [0, 0.1) is 6.92 Å². The van der Waals surface area contributed by atoms with Crippen LogP contribution in [0.2, 0.25) is 5.02 Å². The smallest absolute Gasteiger partial charge is 0.0940 e. The summed E-state index contributed by atoms with van der Waals surface area (Å²) >= 11 is 6.04. The molecule has 1 aromatic carbocycles. The van der Waals surface area contributed by atoms with Crippen molar-refractivity contribution in [3.8, 4) is 0 Å². The minimum atomic E-state index is -0.789. The van der Waals surface area contributed by atoms with Crippen LogP contribution < -0.4 is 5.73 Å². The molecule has 76 valence electrons. The Kier molecular flexibility index (Phi) is 2.30. The summed E-state index contributed by atoms with van der Waals surface area (Å²) in [4.78, 5) is 0. The summed E-state index contributed by atoms with van der Waals surface area (Å²) in [5.41, 5.74) is 6.82. The van der Waals surface area contributed by atoms with Gasteiger partial charge in [-0.2, -0.15) is 0 Å². The number of rotatable bonds is 1. The molecule has 0 heterocycles. The summed E-state index contributed by atoms with van der Waals surface area (Å²) in [6.45, 7) is 1.99. The van der Waals surface area contributed by atoms with Gasteiger partial charge in [0.25, 0.3) is 0 Å². The van der Waals surface area contributed by atoms with Crippen molar-refractivity contribution in [1.82, 2.24) is 0 Å². The summed E-state index contributed by atoms with van der Waals surface area (Å²) < 4.78 is 0. The van der Waals surface area contributed by atoms with Crippen molar-refractivity contribution < 1.29 is 5.11 Å². The van der Waals surface area contributed by atoms with E-state index in [9.17, 15) is 5.11 Å². The predicted molar refractivity (Wildman–Crippen MR) is 57.3 cm³/mol. The highest BCUT2D eigenvalue weighted by Crippen LogP contribution is 2.43. The van der Waals surface area contributed by atoms with Gasteiger partial charge in [0.2, 0.25) is 0 Å². The van der Waals surface area contributed by atoms with E-state index in [0.717, 1.165) is 11.1 Å². The molecule has 0 aromatic heterocycles. The molecule has 0 bridgehead atoms. The van der Waals surface area contributed by atoms with Gasteiger partial charge in [0.1, 0.15) is 0 Å². The summed E-state index contributed by atoms with van der Waals surface area (Å²) in [6.07, 6.45) is 1.21. The first-order valence-corrected chi connectivity index (χ1v) is 5.14. The third kappa shape index (κ3) is 1.54. The Hall–Kier alpha value is -0.570. The molecule has 1 aliphatic carbocycles. The van der Waals surface area contributed by atoms with Gasteiger partial charge in [-0.15, -0.1) is 0 Å². The molecule has 0 amide bonds. The number of benzene rings is 1. The molecule has 0 spiro atoms. The lowest BCUT2D eigenvalue weighted by atomic mass is 9.71. The average molecular weight is 212 g/mol. The van der Waals surface area contributed by atoms with E-state index in [2.05, 4.69) is 0 Å². The highest BCUT2D eigenvalue weighted by atomic mass is 35.5. The third-order valence-electron chi connectivity index (χ3n) is 2.82. The van der Waals surface area contributed by atoms with Crippen LogP contribution in [0.5, 0.6) is 0 Å². The molecule has 0 radical (unpaired) electrons. The molecule has 14 heavy (non-hydrogen) atoms. The van der Waals surface area contributed by atoms with Crippen LogP contribution in [0.4, 0.5) is 0 Å².